The number of carboxylic acid groups (broad SMARTS) is 1. The monoisotopic (exact) mass is 285 g/mol. The van der Waals surface area contributed by atoms with Gasteiger partial charge in [-0.1, -0.05) is 6.92 Å². The van der Waals surface area contributed by atoms with Crippen molar-refractivity contribution in [1.29, 1.82) is 0 Å². The number of urea groups is 1. The van der Waals surface area contributed by atoms with E-state index in [-0.39, 0.29) is 19.2 Å². The summed E-state index contributed by atoms with van der Waals surface area (Å²) < 4.78 is 5.16. The van der Waals surface area contributed by atoms with Gasteiger partial charge in [-0.3, -0.25) is 9.69 Å². The van der Waals surface area contributed by atoms with E-state index in [0.29, 0.717) is 19.1 Å². The Balaban J connectivity index is 1.90. The number of hydrogen-bond donors (Lipinski definition) is 2. The zero-order valence-electron chi connectivity index (χ0n) is 12.0. The van der Waals surface area contributed by atoms with Crippen LogP contribution in [0.2, 0.25) is 0 Å². The van der Waals surface area contributed by atoms with Crippen LogP contribution in [0.3, 0.4) is 0 Å². The molecular formula is C13H23N3O4. The Morgan fingerprint density at radius 1 is 1.35 bits per heavy atom. The summed E-state index contributed by atoms with van der Waals surface area (Å²) in [5.74, 6) is -1.56. The number of ether oxygens (including phenoxy) is 1. The van der Waals surface area contributed by atoms with Crippen molar-refractivity contribution in [3.63, 3.8) is 0 Å². The van der Waals surface area contributed by atoms with Crippen LogP contribution >= 0.6 is 0 Å². The van der Waals surface area contributed by atoms with Crippen LogP contribution in [0.15, 0.2) is 0 Å². The summed E-state index contributed by atoms with van der Waals surface area (Å²) in [5, 5.41) is 11.9. The maximum Gasteiger partial charge on any atom is 0.317 e. The van der Waals surface area contributed by atoms with Gasteiger partial charge in [0, 0.05) is 25.7 Å². The van der Waals surface area contributed by atoms with Crippen molar-refractivity contribution in [3.05, 3.63) is 0 Å². The molecule has 114 valence electrons. The molecule has 0 aromatic carbocycles. The van der Waals surface area contributed by atoms with Crippen LogP contribution in [-0.2, 0) is 9.53 Å². The normalized spacial score (nSPS) is 31.3. The molecule has 7 heteroatoms. The van der Waals surface area contributed by atoms with Gasteiger partial charge in [-0.05, 0) is 13.5 Å². The Morgan fingerprint density at radius 3 is 2.75 bits per heavy atom. The van der Waals surface area contributed by atoms with E-state index < -0.39 is 17.9 Å². The molecule has 3 unspecified atom stereocenters. The number of carboxylic acids is 1. The maximum atomic E-state index is 12.2. The Kier molecular flexibility index (Phi) is 4.82. The molecule has 2 heterocycles. The van der Waals surface area contributed by atoms with Gasteiger partial charge in [0.2, 0.25) is 0 Å². The van der Waals surface area contributed by atoms with Gasteiger partial charge in [0.1, 0.15) is 5.92 Å². The van der Waals surface area contributed by atoms with E-state index in [4.69, 9.17) is 9.84 Å². The predicted molar refractivity (Wildman–Crippen MR) is 72.5 cm³/mol. The number of carbonyl (C=O) groups excluding carboxylic acids is 1. The topological polar surface area (TPSA) is 82.1 Å². The number of nitrogens with one attached hydrogen (secondary N) is 1. The molecule has 7 nitrogen and oxygen atoms in total. The van der Waals surface area contributed by atoms with Gasteiger partial charge in [0.25, 0.3) is 0 Å². The van der Waals surface area contributed by atoms with Crippen LogP contribution in [0.5, 0.6) is 0 Å². The highest BCUT2D eigenvalue weighted by atomic mass is 16.5. The summed E-state index contributed by atoms with van der Waals surface area (Å²) in [5.41, 5.74) is 0. The molecule has 2 aliphatic heterocycles. The van der Waals surface area contributed by atoms with Crippen molar-refractivity contribution in [3.8, 4) is 0 Å². The molecule has 2 fully saturated rings. The molecule has 2 saturated heterocycles. The number of hydrogen-bond acceptors (Lipinski definition) is 4. The van der Waals surface area contributed by atoms with Gasteiger partial charge >= 0.3 is 12.0 Å². The van der Waals surface area contributed by atoms with Crippen LogP contribution < -0.4 is 5.32 Å². The lowest BCUT2D eigenvalue weighted by Gasteiger charge is -2.39. The van der Waals surface area contributed by atoms with Gasteiger partial charge in [0.15, 0.2) is 0 Å². The van der Waals surface area contributed by atoms with Crippen LogP contribution in [0, 0.1) is 5.92 Å². The highest BCUT2D eigenvalue weighted by Crippen LogP contribution is 2.15. The first kappa shape index (κ1) is 15.1. The fourth-order valence-electron chi connectivity index (χ4n) is 2.76. The molecule has 0 radical (unpaired) electrons. The SMILES string of the molecule is CCC1CN(C(=O)NC2COCC2C(=O)O)CCN1C. The minimum absolute atomic E-state index is 0.167. The van der Waals surface area contributed by atoms with Gasteiger partial charge in [-0.25, -0.2) is 4.79 Å². The molecule has 0 saturated carbocycles. The third-order valence-electron chi connectivity index (χ3n) is 4.24. The molecule has 0 aromatic rings. The van der Waals surface area contributed by atoms with Gasteiger partial charge < -0.3 is 20.1 Å². The fourth-order valence-corrected chi connectivity index (χ4v) is 2.76. The van der Waals surface area contributed by atoms with Crippen LogP contribution in [-0.4, -0.2) is 78.9 Å². The molecular weight excluding hydrogens is 262 g/mol. The molecule has 0 aromatic heterocycles. The van der Waals surface area contributed by atoms with Crippen molar-refractivity contribution in [2.45, 2.75) is 25.4 Å². The maximum absolute atomic E-state index is 12.2. The van der Waals surface area contributed by atoms with Crippen molar-refractivity contribution >= 4 is 12.0 Å². The molecule has 3 atom stereocenters. The first-order valence-electron chi connectivity index (χ1n) is 7.09. The standard InChI is InChI=1S/C13H23N3O4/c1-3-9-6-16(5-4-15(9)2)13(19)14-11-8-20-7-10(11)12(17)18/h9-11H,3-8H2,1-2H3,(H,14,19)(H,17,18). The number of likely N-dealkylation sites (N-methyl/N-ethyl adjacent to an activating group) is 1. The third-order valence-corrected chi connectivity index (χ3v) is 4.24. The lowest BCUT2D eigenvalue weighted by molar-refractivity contribution is -0.142. The van der Waals surface area contributed by atoms with E-state index >= 15 is 0 Å². The van der Waals surface area contributed by atoms with E-state index in [1.165, 1.54) is 0 Å². The highest BCUT2D eigenvalue weighted by molar-refractivity contribution is 5.77. The minimum atomic E-state index is -0.919. The van der Waals surface area contributed by atoms with Crippen LogP contribution in [0.4, 0.5) is 4.79 Å². The Labute approximate surface area is 118 Å². The Morgan fingerprint density at radius 2 is 2.10 bits per heavy atom. The summed E-state index contributed by atoms with van der Waals surface area (Å²) in [6.45, 7) is 4.74. The number of carbonyl (C=O) groups is 2. The zero-order valence-corrected chi connectivity index (χ0v) is 12.0. The Hall–Kier alpha value is -1.34. The lowest BCUT2D eigenvalue weighted by Crippen LogP contribution is -2.57. The number of piperazine rings is 1. The van der Waals surface area contributed by atoms with E-state index in [9.17, 15) is 9.59 Å². The third kappa shape index (κ3) is 3.21. The number of rotatable bonds is 3. The van der Waals surface area contributed by atoms with Crippen molar-refractivity contribution in [1.82, 2.24) is 15.1 Å². The minimum Gasteiger partial charge on any atom is -0.481 e. The summed E-state index contributed by atoms with van der Waals surface area (Å²) in [7, 11) is 2.06. The van der Waals surface area contributed by atoms with Crippen molar-refractivity contribution in [2.75, 3.05) is 39.9 Å². The summed E-state index contributed by atoms with van der Waals surface area (Å²) >= 11 is 0. The second-order valence-electron chi connectivity index (χ2n) is 5.53. The van der Waals surface area contributed by atoms with E-state index in [1.807, 2.05) is 0 Å². The van der Waals surface area contributed by atoms with Crippen molar-refractivity contribution < 1.29 is 19.4 Å². The average molecular weight is 285 g/mol. The second-order valence-corrected chi connectivity index (χ2v) is 5.53. The number of amides is 2. The molecule has 0 spiro atoms. The molecule has 2 N–H and O–H groups in total. The molecule has 2 rings (SSSR count). The molecule has 2 amide bonds. The molecule has 20 heavy (non-hydrogen) atoms. The van der Waals surface area contributed by atoms with Crippen LogP contribution in [0.25, 0.3) is 0 Å². The smallest absolute Gasteiger partial charge is 0.317 e. The lowest BCUT2D eigenvalue weighted by atomic mass is 10.0. The quantitative estimate of drug-likeness (QED) is 0.752. The van der Waals surface area contributed by atoms with Gasteiger partial charge in [-0.15, -0.1) is 0 Å². The van der Waals surface area contributed by atoms with E-state index in [2.05, 4.69) is 24.2 Å². The van der Waals surface area contributed by atoms with E-state index in [1.54, 1.807) is 4.90 Å². The molecule has 2 aliphatic rings. The summed E-state index contributed by atoms with van der Waals surface area (Å²) in [6.07, 6.45) is 0.991. The molecule has 0 aliphatic carbocycles. The fraction of sp³-hybridized carbons (Fsp3) is 0.846. The number of nitrogens with zero attached hydrogens (tertiary/aromatic N) is 2. The second kappa shape index (κ2) is 6.41. The summed E-state index contributed by atoms with van der Waals surface area (Å²) in [6, 6.07) is -0.248. The first-order chi connectivity index (χ1) is 9.52. The molecule has 0 bridgehead atoms. The largest absolute Gasteiger partial charge is 0.481 e. The van der Waals surface area contributed by atoms with Crippen LogP contribution in [0.1, 0.15) is 13.3 Å². The predicted octanol–water partition coefficient (Wildman–Crippen LogP) is -0.178. The average Bonchev–Trinajstić information content (AvgIpc) is 2.87. The summed E-state index contributed by atoms with van der Waals surface area (Å²) in [4.78, 5) is 27.3. The first-order valence-corrected chi connectivity index (χ1v) is 7.09. The van der Waals surface area contributed by atoms with Gasteiger partial charge in [-0.2, -0.15) is 0 Å². The Bertz CT molecular complexity index is 377. The van der Waals surface area contributed by atoms with Gasteiger partial charge in [0.05, 0.1) is 19.3 Å². The number of aliphatic carboxylic acids is 1. The van der Waals surface area contributed by atoms with Crippen molar-refractivity contribution in [2.24, 2.45) is 5.92 Å². The zero-order chi connectivity index (χ0) is 14.7. The highest BCUT2D eigenvalue weighted by Gasteiger charge is 2.36. The van der Waals surface area contributed by atoms with E-state index in [0.717, 1.165) is 13.0 Å².